The summed E-state index contributed by atoms with van der Waals surface area (Å²) in [6.45, 7) is 1.50. The van der Waals surface area contributed by atoms with E-state index in [1.807, 2.05) is 53.4 Å². The van der Waals surface area contributed by atoms with Gasteiger partial charge in [-0.15, -0.1) is 0 Å². The Balaban J connectivity index is 1.47. The molecule has 0 radical (unpaired) electrons. The highest BCUT2D eigenvalue weighted by Gasteiger charge is 2.27. The summed E-state index contributed by atoms with van der Waals surface area (Å²) in [5.41, 5.74) is 2.24. The molecule has 1 saturated heterocycles. The number of nitrogens with zero attached hydrogens (tertiary/aromatic N) is 1. The summed E-state index contributed by atoms with van der Waals surface area (Å²) >= 11 is 0. The molecule has 24 heavy (non-hydrogen) atoms. The smallest absolute Gasteiger partial charge is 0.226 e. The fourth-order valence-corrected chi connectivity index (χ4v) is 3.44. The van der Waals surface area contributed by atoms with E-state index >= 15 is 0 Å². The first-order valence-corrected chi connectivity index (χ1v) is 8.76. The molecule has 0 saturated carbocycles. The maximum absolute atomic E-state index is 12.4. The average Bonchev–Trinajstić information content (AvgIpc) is 2.63. The molecule has 1 fully saturated rings. The predicted octanol–water partition coefficient (Wildman–Crippen LogP) is 3.07. The van der Waals surface area contributed by atoms with Crippen molar-refractivity contribution < 1.29 is 9.90 Å². The summed E-state index contributed by atoms with van der Waals surface area (Å²) in [5, 5.41) is 10.5. The van der Waals surface area contributed by atoms with Gasteiger partial charge in [0.25, 0.3) is 0 Å². The molecule has 1 aliphatic rings. The number of carbonyl (C=O) groups excluding carboxylic acids is 1. The number of hydrogen-bond donors (Lipinski definition) is 1. The maximum atomic E-state index is 12.4. The minimum atomic E-state index is -0.321. The Bertz CT molecular complexity index is 633. The SMILES string of the molecule is O=C(Cc1ccccc1)N1CCC(C(O)Cc2ccccc2)CC1. The molecule has 1 amide bonds. The number of likely N-dealkylation sites (tertiary alicyclic amines) is 1. The fraction of sp³-hybridized carbons (Fsp3) is 0.381. The molecule has 2 aromatic rings. The summed E-state index contributed by atoms with van der Waals surface area (Å²) in [4.78, 5) is 14.3. The van der Waals surface area contributed by atoms with E-state index in [9.17, 15) is 9.90 Å². The van der Waals surface area contributed by atoms with Gasteiger partial charge in [-0.2, -0.15) is 0 Å². The summed E-state index contributed by atoms with van der Waals surface area (Å²) in [5.74, 6) is 0.475. The van der Waals surface area contributed by atoms with E-state index in [4.69, 9.17) is 0 Å². The number of aliphatic hydroxyl groups is 1. The van der Waals surface area contributed by atoms with Crippen LogP contribution in [-0.4, -0.2) is 35.1 Å². The Morgan fingerprint density at radius 3 is 2.08 bits per heavy atom. The normalized spacial score (nSPS) is 16.8. The van der Waals surface area contributed by atoms with Crippen LogP contribution in [0.3, 0.4) is 0 Å². The molecule has 1 unspecified atom stereocenters. The Labute approximate surface area is 143 Å². The summed E-state index contributed by atoms with van der Waals surface area (Å²) in [6, 6.07) is 20.0. The number of aliphatic hydroxyl groups excluding tert-OH is 1. The molecule has 1 N–H and O–H groups in total. The van der Waals surface area contributed by atoms with Crippen molar-refractivity contribution >= 4 is 5.91 Å². The van der Waals surface area contributed by atoms with Gasteiger partial charge in [0.1, 0.15) is 0 Å². The third-order valence-corrected chi connectivity index (χ3v) is 4.92. The van der Waals surface area contributed by atoms with Gasteiger partial charge in [0.15, 0.2) is 0 Å². The second-order valence-electron chi connectivity index (χ2n) is 6.64. The van der Waals surface area contributed by atoms with Gasteiger partial charge in [0.2, 0.25) is 5.91 Å². The van der Waals surface area contributed by atoms with Crippen LogP contribution in [0.2, 0.25) is 0 Å². The van der Waals surface area contributed by atoms with E-state index in [-0.39, 0.29) is 17.9 Å². The molecule has 126 valence electrons. The van der Waals surface area contributed by atoms with Gasteiger partial charge in [-0.1, -0.05) is 60.7 Å². The van der Waals surface area contributed by atoms with Gasteiger partial charge in [0, 0.05) is 13.1 Å². The van der Waals surface area contributed by atoms with Crippen LogP contribution in [-0.2, 0) is 17.6 Å². The first kappa shape index (κ1) is 16.7. The zero-order valence-corrected chi connectivity index (χ0v) is 14.0. The number of rotatable bonds is 5. The lowest BCUT2D eigenvalue weighted by Gasteiger charge is -2.34. The van der Waals surface area contributed by atoms with Crippen molar-refractivity contribution in [2.24, 2.45) is 5.92 Å². The topological polar surface area (TPSA) is 40.5 Å². The van der Waals surface area contributed by atoms with Gasteiger partial charge in [-0.05, 0) is 36.3 Å². The number of carbonyl (C=O) groups is 1. The van der Waals surface area contributed by atoms with Crippen LogP contribution in [0.1, 0.15) is 24.0 Å². The van der Waals surface area contributed by atoms with Crippen LogP contribution in [0.4, 0.5) is 0 Å². The Hall–Kier alpha value is -2.13. The van der Waals surface area contributed by atoms with Crippen LogP contribution in [0, 0.1) is 5.92 Å². The standard InChI is InChI=1S/C21H25NO2/c23-20(15-17-7-3-1-4-8-17)19-11-13-22(14-12-19)21(24)16-18-9-5-2-6-10-18/h1-10,19-20,23H,11-16H2. The lowest BCUT2D eigenvalue weighted by molar-refractivity contribution is -0.132. The molecule has 3 heteroatoms. The molecular weight excluding hydrogens is 298 g/mol. The first-order chi connectivity index (χ1) is 11.7. The molecule has 0 spiro atoms. The third-order valence-electron chi connectivity index (χ3n) is 4.92. The van der Waals surface area contributed by atoms with Crippen molar-refractivity contribution in [2.75, 3.05) is 13.1 Å². The number of benzene rings is 2. The highest BCUT2D eigenvalue weighted by atomic mass is 16.3. The minimum absolute atomic E-state index is 0.192. The number of piperidine rings is 1. The monoisotopic (exact) mass is 323 g/mol. The van der Waals surface area contributed by atoms with Gasteiger partial charge >= 0.3 is 0 Å². The maximum Gasteiger partial charge on any atom is 0.226 e. The molecule has 1 aliphatic heterocycles. The van der Waals surface area contributed by atoms with Crippen LogP contribution in [0.25, 0.3) is 0 Å². The van der Waals surface area contributed by atoms with E-state index in [1.54, 1.807) is 0 Å². The van der Waals surface area contributed by atoms with Crippen LogP contribution >= 0.6 is 0 Å². The van der Waals surface area contributed by atoms with Crippen molar-refractivity contribution in [1.29, 1.82) is 0 Å². The number of hydrogen-bond acceptors (Lipinski definition) is 2. The van der Waals surface area contributed by atoms with Crippen molar-refractivity contribution in [3.63, 3.8) is 0 Å². The van der Waals surface area contributed by atoms with Gasteiger partial charge in [-0.25, -0.2) is 0 Å². The van der Waals surface area contributed by atoms with Gasteiger partial charge in [-0.3, -0.25) is 4.79 Å². The van der Waals surface area contributed by atoms with Crippen LogP contribution < -0.4 is 0 Å². The van der Waals surface area contributed by atoms with Crippen molar-refractivity contribution in [3.05, 3.63) is 71.8 Å². The van der Waals surface area contributed by atoms with Gasteiger partial charge in [0.05, 0.1) is 12.5 Å². The van der Waals surface area contributed by atoms with E-state index < -0.39 is 0 Å². The van der Waals surface area contributed by atoms with Crippen molar-refractivity contribution in [3.8, 4) is 0 Å². The summed E-state index contributed by atoms with van der Waals surface area (Å²) in [6.07, 6.45) is 2.61. The molecule has 3 nitrogen and oxygen atoms in total. The molecule has 1 heterocycles. The molecule has 0 bridgehead atoms. The average molecular weight is 323 g/mol. The van der Waals surface area contributed by atoms with E-state index in [0.29, 0.717) is 12.8 Å². The highest BCUT2D eigenvalue weighted by Crippen LogP contribution is 2.23. The highest BCUT2D eigenvalue weighted by molar-refractivity contribution is 5.78. The number of amides is 1. The van der Waals surface area contributed by atoms with Gasteiger partial charge < -0.3 is 10.0 Å². The predicted molar refractivity (Wildman–Crippen MR) is 95.6 cm³/mol. The summed E-state index contributed by atoms with van der Waals surface area (Å²) < 4.78 is 0. The Morgan fingerprint density at radius 2 is 1.50 bits per heavy atom. The van der Waals surface area contributed by atoms with Crippen LogP contribution in [0.15, 0.2) is 60.7 Å². The fourth-order valence-electron chi connectivity index (χ4n) is 3.44. The minimum Gasteiger partial charge on any atom is -0.392 e. The second kappa shape index (κ2) is 8.11. The molecule has 0 aliphatic carbocycles. The third kappa shape index (κ3) is 4.45. The molecule has 1 atom stereocenters. The second-order valence-corrected chi connectivity index (χ2v) is 6.64. The Kier molecular flexibility index (Phi) is 5.65. The molecule has 3 rings (SSSR count). The van der Waals surface area contributed by atoms with Crippen molar-refractivity contribution in [2.45, 2.75) is 31.8 Å². The van der Waals surface area contributed by atoms with E-state index in [2.05, 4.69) is 12.1 Å². The van der Waals surface area contributed by atoms with Crippen LogP contribution in [0.5, 0.6) is 0 Å². The lowest BCUT2D eigenvalue weighted by atomic mass is 9.88. The quantitative estimate of drug-likeness (QED) is 0.918. The van der Waals surface area contributed by atoms with Crippen molar-refractivity contribution in [1.82, 2.24) is 4.90 Å². The molecule has 0 aromatic heterocycles. The zero-order chi connectivity index (χ0) is 16.8. The largest absolute Gasteiger partial charge is 0.392 e. The van der Waals surface area contributed by atoms with E-state index in [0.717, 1.165) is 31.5 Å². The first-order valence-electron chi connectivity index (χ1n) is 8.76. The summed E-state index contributed by atoms with van der Waals surface area (Å²) in [7, 11) is 0. The molecule has 2 aromatic carbocycles. The Morgan fingerprint density at radius 1 is 0.958 bits per heavy atom. The zero-order valence-electron chi connectivity index (χ0n) is 14.0. The van der Waals surface area contributed by atoms with E-state index in [1.165, 1.54) is 5.56 Å². The molecular formula is C21H25NO2. The lowest BCUT2D eigenvalue weighted by Crippen LogP contribution is -2.42.